The van der Waals surface area contributed by atoms with Crippen molar-refractivity contribution in [1.29, 1.82) is 0 Å². The van der Waals surface area contributed by atoms with Crippen LogP contribution < -0.4 is 4.74 Å². The van der Waals surface area contributed by atoms with Crippen molar-refractivity contribution in [2.75, 3.05) is 6.61 Å². The van der Waals surface area contributed by atoms with Gasteiger partial charge in [0.05, 0.1) is 12.2 Å². The van der Waals surface area contributed by atoms with Gasteiger partial charge in [-0.2, -0.15) is 13.2 Å². The van der Waals surface area contributed by atoms with E-state index in [0.29, 0.717) is 12.5 Å². The third-order valence-electron chi connectivity index (χ3n) is 5.02. The minimum atomic E-state index is -4.32. The molecule has 1 N–H and O–H groups in total. The van der Waals surface area contributed by atoms with E-state index < -0.39 is 17.7 Å². The number of carboxylic acids is 1. The van der Waals surface area contributed by atoms with Crippen molar-refractivity contribution in [3.8, 4) is 5.75 Å². The van der Waals surface area contributed by atoms with Crippen LogP contribution in [-0.2, 0) is 11.0 Å². The van der Waals surface area contributed by atoms with E-state index >= 15 is 0 Å². The quantitative estimate of drug-likeness (QED) is 0.333. The molecule has 30 heavy (non-hydrogen) atoms. The molecule has 1 aromatic carbocycles. The third kappa shape index (κ3) is 11.1. The molecular weight excluding hydrogens is 393 g/mol. The van der Waals surface area contributed by atoms with Crippen LogP contribution in [-0.4, -0.2) is 17.7 Å². The number of alkyl halides is 3. The van der Waals surface area contributed by atoms with E-state index in [4.69, 9.17) is 9.84 Å². The van der Waals surface area contributed by atoms with Gasteiger partial charge in [-0.3, -0.25) is 4.79 Å². The molecule has 0 heterocycles. The van der Waals surface area contributed by atoms with Gasteiger partial charge in [0.15, 0.2) is 0 Å². The zero-order valence-electron chi connectivity index (χ0n) is 17.8. The number of rotatable bonds is 9. The van der Waals surface area contributed by atoms with E-state index in [2.05, 4.69) is 19.1 Å². The number of carbonyl (C=O) groups is 1. The molecule has 0 bridgehead atoms. The number of allylic oxidation sites excluding steroid dienone is 3. The summed E-state index contributed by atoms with van der Waals surface area (Å²) in [5, 5.41) is 8.19. The molecule has 0 saturated heterocycles. The van der Waals surface area contributed by atoms with Gasteiger partial charge in [-0.25, -0.2) is 0 Å². The zero-order chi connectivity index (χ0) is 22.4. The first-order chi connectivity index (χ1) is 14.2. The lowest BCUT2D eigenvalue weighted by molar-refractivity contribution is -0.138. The summed E-state index contributed by atoms with van der Waals surface area (Å²) < 4.78 is 43.0. The highest BCUT2D eigenvalue weighted by Gasteiger charge is 2.30. The van der Waals surface area contributed by atoms with Crippen LogP contribution in [0.3, 0.4) is 0 Å². The van der Waals surface area contributed by atoms with Crippen LogP contribution >= 0.6 is 0 Å². The molecular formula is C24H33F3O3. The maximum atomic E-state index is 12.6. The fraction of sp³-hybridized carbons (Fsp3) is 0.542. The van der Waals surface area contributed by atoms with Gasteiger partial charge in [-0.15, -0.1) is 0 Å². The lowest BCUT2D eigenvalue weighted by atomic mass is 9.97. The van der Waals surface area contributed by atoms with Gasteiger partial charge in [-0.1, -0.05) is 50.1 Å². The van der Waals surface area contributed by atoms with Gasteiger partial charge in [-0.05, 0) is 62.6 Å². The molecule has 1 fully saturated rings. The second-order valence-corrected chi connectivity index (χ2v) is 7.52. The molecule has 1 aliphatic rings. The van der Waals surface area contributed by atoms with E-state index in [-0.39, 0.29) is 12.2 Å². The van der Waals surface area contributed by atoms with Crippen LogP contribution in [0.15, 0.2) is 48.6 Å². The minimum Gasteiger partial charge on any atom is -0.493 e. The monoisotopic (exact) mass is 426 g/mol. The van der Waals surface area contributed by atoms with Crippen molar-refractivity contribution >= 4 is 5.97 Å². The number of aliphatic carboxylic acids is 1. The van der Waals surface area contributed by atoms with Gasteiger partial charge < -0.3 is 9.84 Å². The summed E-state index contributed by atoms with van der Waals surface area (Å²) in [6.45, 7) is 4.60. The van der Waals surface area contributed by atoms with Crippen molar-refractivity contribution in [3.63, 3.8) is 0 Å². The number of halogens is 3. The van der Waals surface area contributed by atoms with Crippen molar-refractivity contribution in [2.24, 2.45) is 11.8 Å². The largest absolute Gasteiger partial charge is 0.493 e. The summed E-state index contributed by atoms with van der Waals surface area (Å²) in [6.07, 6.45) is 10.3. The third-order valence-corrected chi connectivity index (χ3v) is 5.02. The minimum absolute atomic E-state index is 0.271. The van der Waals surface area contributed by atoms with Crippen molar-refractivity contribution in [3.05, 3.63) is 54.1 Å². The molecule has 1 saturated carbocycles. The molecule has 2 rings (SSSR count). The van der Waals surface area contributed by atoms with Crippen LogP contribution in [0.25, 0.3) is 0 Å². The Labute approximate surface area is 177 Å². The van der Waals surface area contributed by atoms with Gasteiger partial charge in [0.2, 0.25) is 0 Å². The molecule has 6 heteroatoms. The highest BCUT2D eigenvalue weighted by Crippen LogP contribution is 2.32. The fourth-order valence-electron chi connectivity index (χ4n) is 3.28. The van der Waals surface area contributed by atoms with Crippen LogP contribution in [0.1, 0.15) is 64.4 Å². The number of ether oxygens (including phenoxy) is 1. The first kappa shape index (κ1) is 25.8. The summed E-state index contributed by atoms with van der Waals surface area (Å²) in [4.78, 5) is 9.94. The van der Waals surface area contributed by atoms with E-state index in [1.54, 1.807) is 6.07 Å². The second kappa shape index (κ2) is 13.9. The van der Waals surface area contributed by atoms with Crippen molar-refractivity contribution in [2.45, 2.75) is 65.0 Å². The normalized spacial score (nSPS) is 19.1. The summed E-state index contributed by atoms with van der Waals surface area (Å²) in [5.74, 6) is 0.955. The number of benzene rings is 1. The molecule has 168 valence electrons. The Hall–Kier alpha value is -2.24. The van der Waals surface area contributed by atoms with Crippen LogP contribution in [0.2, 0.25) is 0 Å². The predicted molar refractivity (Wildman–Crippen MR) is 114 cm³/mol. The molecule has 0 spiro atoms. The maximum Gasteiger partial charge on any atom is 0.416 e. The Morgan fingerprint density at radius 1 is 1.23 bits per heavy atom. The molecule has 0 amide bonds. The van der Waals surface area contributed by atoms with Crippen LogP contribution in [0.4, 0.5) is 13.2 Å². The van der Waals surface area contributed by atoms with Gasteiger partial charge in [0.1, 0.15) is 5.75 Å². The first-order valence-electron chi connectivity index (χ1n) is 10.5. The number of hydrogen-bond acceptors (Lipinski definition) is 2. The smallest absolute Gasteiger partial charge is 0.416 e. The summed E-state index contributed by atoms with van der Waals surface area (Å²) >= 11 is 0. The fourth-order valence-corrected chi connectivity index (χ4v) is 3.28. The molecule has 3 nitrogen and oxygen atoms in total. The average molecular weight is 427 g/mol. The van der Waals surface area contributed by atoms with E-state index in [1.807, 2.05) is 19.1 Å². The number of unbranched alkanes of at least 4 members (excludes halogenated alkanes) is 1. The van der Waals surface area contributed by atoms with Crippen LogP contribution in [0.5, 0.6) is 5.75 Å². The SMILES string of the molecule is C/C=C\CCCC(=O)O.CC1CCCC1/C=C/CCOc1cccc(C(F)(F)F)c1. The summed E-state index contributed by atoms with van der Waals surface area (Å²) in [6, 6.07) is 5.02. The molecule has 1 aliphatic carbocycles. The molecule has 2 atom stereocenters. The molecule has 0 aromatic heterocycles. The molecule has 1 aromatic rings. The summed E-state index contributed by atoms with van der Waals surface area (Å²) in [7, 11) is 0. The molecule has 0 radical (unpaired) electrons. The topological polar surface area (TPSA) is 46.5 Å². The van der Waals surface area contributed by atoms with Gasteiger partial charge in [0, 0.05) is 6.42 Å². The Bertz CT molecular complexity index is 681. The van der Waals surface area contributed by atoms with Crippen LogP contribution in [0, 0.1) is 11.8 Å². The van der Waals surface area contributed by atoms with Crippen molar-refractivity contribution < 1.29 is 27.8 Å². The Kier molecular flexibility index (Phi) is 11.9. The molecule has 0 aliphatic heterocycles. The number of hydrogen-bond donors (Lipinski definition) is 1. The predicted octanol–water partition coefficient (Wildman–Crippen LogP) is 7.28. The Morgan fingerprint density at radius 2 is 2.00 bits per heavy atom. The Morgan fingerprint density at radius 3 is 2.60 bits per heavy atom. The second-order valence-electron chi connectivity index (χ2n) is 7.52. The number of carboxylic acid groups (broad SMARTS) is 1. The zero-order valence-corrected chi connectivity index (χ0v) is 17.8. The molecule has 2 unspecified atom stereocenters. The van der Waals surface area contributed by atoms with Crippen molar-refractivity contribution in [1.82, 2.24) is 0 Å². The van der Waals surface area contributed by atoms with E-state index in [9.17, 15) is 18.0 Å². The maximum absolute atomic E-state index is 12.6. The highest BCUT2D eigenvalue weighted by molar-refractivity contribution is 5.66. The first-order valence-corrected chi connectivity index (χ1v) is 10.5. The van der Waals surface area contributed by atoms with Gasteiger partial charge in [0.25, 0.3) is 0 Å². The van der Waals surface area contributed by atoms with Gasteiger partial charge >= 0.3 is 12.1 Å². The lowest BCUT2D eigenvalue weighted by Crippen LogP contribution is -2.05. The van der Waals surface area contributed by atoms with E-state index in [0.717, 1.165) is 37.3 Å². The highest BCUT2D eigenvalue weighted by atomic mass is 19.4. The summed E-state index contributed by atoms with van der Waals surface area (Å²) in [5.41, 5.74) is -0.671. The average Bonchev–Trinajstić information content (AvgIpc) is 3.10. The van der Waals surface area contributed by atoms with E-state index in [1.165, 1.54) is 25.3 Å². The standard InChI is InChI=1S/C17H21F3O.C7H12O2/c1-13-6-4-8-14(13)7-2-3-11-21-16-10-5-9-15(12-16)17(18,19)20;1-2-3-4-5-6-7(8)9/h2,5,7,9-10,12-14H,3-4,6,8,11H2,1H3;2-3H,4-6H2,1H3,(H,8,9)/b7-2+;3-2-. The lowest BCUT2D eigenvalue weighted by Gasteiger charge is -2.10. The Balaban J connectivity index is 0.000000424.